The summed E-state index contributed by atoms with van der Waals surface area (Å²) in [7, 11) is 0. The Bertz CT molecular complexity index is 1210. The molecule has 0 fully saturated rings. The van der Waals surface area contributed by atoms with E-state index in [0.29, 0.717) is 22.6 Å². The molecule has 2 aromatic heterocycles. The van der Waals surface area contributed by atoms with Crippen LogP contribution < -0.4 is 14.9 Å². The number of ether oxygens (including phenoxy) is 2. The van der Waals surface area contributed by atoms with Crippen molar-refractivity contribution in [1.29, 1.82) is 0 Å². The second kappa shape index (κ2) is 9.36. The Kier molecular flexibility index (Phi) is 5.99. The van der Waals surface area contributed by atoms with Gasteiger partial charge in [0.05, 0.1) is 12.5 Å². The fraction of sp³-hybridized carbons (Fsp3) is 0.0435. The highest BCUT2D eigenvalue weighted by molar-refractivity contribution is 5.88. The lowest BCUT2D eigenvalue weighted by Gasteiger charge is -2.07. The van der Waals surface area contributed by atoms with E-state index in [1.165, 1.54) is 18.5 Å². The molecule has 0 bridgehead atoms. The fourth-order valence-electron chi connectivity index (χ4n) is 2.72. The third kappa shape index (κ3) is 5.13. The minimum Gasteiger partial charge on any atom is -0.481 e. The van der Waals surface area contributed by atoms with E-state index >= 15 is 0 Å². The molecule has 0 unspecified atom stereocenters. The first kappa shape index (κ1) is 19.8. The number of pyridine rings is 1. The third-order valence-electron chi connectivity index (χ3n) is 4.17. The molecular formula is C23H17N3O5. The Balaban J connectivity index is 1.27. The number of fused-ring (bicyclic) bond motifs is 1. The number of hydrogen-bond donors (Lipinski definition) is 1. The molecular weight excluding hydrogens is 398 g/mol. The highest BCUT2D eigenvalue weighted by atomic mass is 16.5. The van der Waals surface area contributed by atoms with Crippen LogP contribution in [0.15, 0.2) is 88.7 Å². The molecule has 0 aliphatic heterocycles. The van der Waals surface area contributed by atoms with Crippen LogP contribution in [0.5, 0.6) is 11.5 Å². The van der Waals surface area contributed by atoms with Crippen LogP contribution in [0.4, 0.5) is 0 Å². The van der Waals surface area contributed by atoms with Crippen LogP contribution in [-0.2, 0) is 4.79 Å². The lowest BCUT2D eigenvalue weighted by molar-refractivity contribution is -0.123. The third-order valence-corrected chi connectivity index (χ3v) is 4.17. The Morgan fingerprint density at radius 3 is 2.68 bits per heavy atom. The summed E-state index contributed by atoms with van der Waals surface area (Å²) in [6.07, 6.45) is 4.53. The van der Waals surface area contributed by atoms with E-state index in [0.717, 1.165) is 5.39 Å². The van der Waals surface area contributed by atoms with E-state index in [1.54, 1.807) is 42.6 Å². The van der Waals surface area contributed by atoms with Crippen molar-refractivity contribution < 1.29 is 23.5 Å². The largest absolute Gasteiger partial charge is 0.481 e. The molecule has 8 nitrogen and oxygen atoms in total. The monoisotopic (exact) mass is 415 g/mol. The lowest BCUT2D eigenvalue weighted by Crippen LogP contribution is -2.24. The van der Waals surface area contributed by atoms with Crippen LogP contribution in [0.1, 0.15) is 16.1 Å². The average molecular weight is 415 g/mol. The summed E-state index contributed by atoms with van der Waals surface area (Å²) in [5.74, 6) is 0.0136. The van der Waals surface area contributed by atoms with Gasteiger partial charge in [0.15, 0.2) is 6.61 Å². The normalized spacial score (nSPS) is 10.8. The first-order valence-electron chi connectivity index (χ1n) is 9.33. The molecule has 31 heavy (non-hydrogen) atoms. The Hall–Kier alpha value is -4.46. The summed E-state index contributed by atoms with van der Waals surface area (Å²) in [6.45, 7) is -0.200. The Morgan fingerprint density at radius 1 is 1.03 bits per heavy atom. The summed E-state index contributed by atoms with van der Waals surface area (Å²) >= 11 is 0. The van der Waals surface area contributed by atoms with Crippen molar-refractivity contribution in [3.8, 4) is 11.5 Å². The minimum absolute atomic E-state index is 0.120. The zero-order valence-electron chi connectivity index (χ0n) is 16.2. The topological polar surface area (TPSA) is 103 Å². The molecule has 154 valence electrons. The number of carbonyl (C=O) groups is 2. The maximum absolute atomic E-state index is 12.0. The smallest absolute Gasteiger partial charge is 0.379 e. The number of esters is 1. The predicted molar refractivity (Wildman–Crippen MR) is 113 cm³/mol. The molecule has 4 aromatic rings. The van der Waals surface area contributed by atoms with Crippen molar-refractivity contribution in [3.05, 3.63) is 90.5 Å². The van der Waals surface area contributed by atoms with E-state index < -0.39 is 11.9 Å². The molecule has 0 saturated heterocycles. The van der Waals surface area contributed by atoms with Crippen molar-refractivity contribution in [2.45, 2.75) is 0 Å². The number of aromatic nitrogens is 1. The van der Waals surface area contributed by atoms with Gasteiger partial charge in [-0.3, -0.25) is 9.78 Å². The van der Waals surface area contributed by atoms with Crippen LogP contribution in [-0.4, -0.2) is 29.7 Å². The second-order valence-corrected chi connectivity index (χ2v) is 6.35. The fourth-order valence-corrected chi connectivity index (χ4v) is 2.72. The van der Waals surface area contributed by atoms with Crippen LogP contribution in [0.3, 0.4) is 0 Å². The number of hydrazone groups is 1. The lowest BCUT2D eigenvalue weighted by atomic mass is 10.2. The van der Waals surface area contributed by atoms with Gasteiger partial charge in [0.2, 0.25) is 5.76 Å². The molecule has 0 aliphatic rings. The second-order valence-electron chi connectivity index (χ2n) is 6.35. The van der Waals surface area contributed by atoms with Gasteiger partial charge in [0, 0.05) is 11.6 Å². The molecule has 0 radical (unpaired) electrons. The van der Waals surface area contributed by atoms with Gasteiger partial charge < -0.3 is 13.9 Å². The quantitative estimate of drug-likeness (QED) is 0.214. The van der Waals surface area contributed by atoms with Gasteiger partial charge in [-0.2, -0.15) is 5.10 Å². The van der Waals surface area contributed by atoms with E-state index in [-0.39, 0.29) is 12.4 Å². The standard InChI is InChI=1S/C23H17N3O5/c27-21(15-30-19-6-1-4-17-5-2-12-24-22(17)19)26-25-14-16-8-10-18(11-9-16)31-23(28)20-7-3-13-29-20/h1-14H,15H2,(H,26,27)/b25-14-. The zero-order valence-corrected chi connectivity index (χ0v) is 16.2. The van der Waals surface area contributed by atoms with Gasteiger partial charge in [-0.15, -0.1) is 0 Å². The van der Waals surface area contributed by atoms with Crippen LogP contribution in [0, 0.1) is 0 Å². The number of amides is 1. The number of furan rings is 1. The van der Waals surface area contributed by atoms with Gasteiger partial charge in [0.1, 0.15) is 17.0 Å². The number of carbonyl (C=O) groups excluding carboxylic acids is 2. The van der Waals surface area contributed by atoms with Gasteiger partial charge in [-0.1, -0.05) is 18.2 Å². The average Bonchev–Trinajstić information content (AvgIpc) is 3.34. The number of benzene rings is 2. The summed E-state index contributed by atoms with van der Waals surface area (Å²) < 4.78 is 15.7. The van der Waals surface area contributed by atoms with E-state index in [1.807, 2.05) is 24.3 Å². The summed E-state index contributed by atoms with van der Waals surface area (Å²) in [5, 5.41) is 4.83. The minimum atomic E-state index is -0.583. The SMILES string of the molecule is O=C(COc1cccc2cccnc12)N/N=C\c1ccc(OC(=O)c2ccco2)cc1. The zero-order chi connectivity index (χ0) is 21.5. The molecule has 0 saturated carbocycles. The van der Waals surface area contributed by atoms with Gasteiger partial charge in [-0.05, 0) is 54.1 Å². The van der Waals surface area contributed by atoms with Crippen molar-refractivity contribution in [2.75, 3.05) is 6.61 Å². The Labute approximate surface area is 177 Å². The number of nitrogens with one attached hydrogen (secondary N) is 1. The predicted octanol–water partition coefficient (Wildman–Crippen LogP) is 3.58. The molecule has 1 N–H and O–H groups in total. The highest BCUT2D eigenvalue weighted by Crippen LogP contribution is 2.22. The number of para-hydroxylation sites is 1. The molecule has 0 aliphatic carbocycles. The first-order chi connectivity index (χ1) is 15.2. The number of nitrogens with zero attached hydrogens (tertiary/aromatic N) is 2. The first-order valence-corrected chi connectivity index (χ1v) is 9.33. The summed E-state index contributed by atoms with van der Waals surface area (Å²) in [5.41, 5.74) is 3.80. The summed E-state index contributed by atoms with van der Waals surface area (Å²) in [4.78, 5) is 28.1. The summed E-state index contributed by atoms with van der Waals surface area (Å²) in [6, 6.07) is 19.0. The number of rotatable bonds is 7. The van der Waals surface area contributed by atoms with E-state index in [2.05, 4.69) is 15.5 Å². The van der Waals surface area contributed by atoms with Crippen LogP contribution >= 0.6 is 0 Å². The van der Waals surface area contributed by atoms with Crippen molar-refractivity contribution >= 4 is 29.0 Å². The number of hydrogen-bond acceptors (Lipinski definition) is 7. The highest BCUT2D eigenvalue weighted by Gasteiger charge is 2.11. The van der Waals surface area contributed by atoms with Crippen molar-refractivity contribution in [2.24, 2.45) is 5.10 Å². The molecule has 8 heteroatoms. The van der Waals surface area contributed by atoms with Gasteiger partial charge in [0.25, 0.3) is 5.91 Å². The van der Waals surface area contributed by atoms with Crippen LogP contribution in [0.2, 0.25) is 0 Å². The molecule has 1 amide bonds. The van der Waals surface area contributed by atoms with Crippen LogP contribution in [0.25, 0.3) is 10.9 Å². The molecule has 0 atom stereocenters. The van der Waals surface area contributed by atoms with E-state index in [4.69, 9.17) is 13.9 Å². The molecule has 0 spiro atoms. The maximum Gasteiger partial charge on any atom is 0.379 e. The van der Waals surface area contributed by atoms with E-state index in [9.17, 15) is 9.59 Å². The molecule has 2 heterocycles. The molecule has 2 aromatic carbocycles. The Morgan fingerprint density at radius 2 is 1.87 bits per heavy atom. The maximum atomic E-state index is 12.0. The molecule has 4 rings (SSSR count). The van der Waals surface area contributed by atoms with Gasteiger partial charge >= 0.3 is 5.97 Å². The van der Waals surface area contributed by atoms with Crippen molar-refractivity contribution in [3.63, 3.8) is 0 Å². The van der Waals surface area contributed by atoms with Gasteiger partial charge in [-0.25, -0.2) is 10.2 Å². The van der Waals surface area contributed by atoms with Crippen molar-refractivity contribution in [1.82, 2.24) is 10.4 Å².